The number of piperidine rings is 2. The van der Waals surface area contributed by atoms with Crippen molar-refractivity contribution in [3.63, 3.8) is 0 Å². The maximum Gasteiger partial charge on any atom is 0.222 e. The van der Waals surface area contributed by atoms with Gasteiger partial charge in [-0.25, -0.2) is 0 Å². The lowest BCUT2D eigenvalue weighted by atomic mass is 9.79. The molecule has 8 nitrogen and oxygen atoms in total. The van der Waals surface area contributed by atoms with Gasteiger partial charge in [0.1, 0.15) is 12.3 Å². The van der Waals surface area contributed by atoms with Crippen molar-refractivity contribution in [2.45, 2.75) is 63.3 Å². The minimum Gasteiger partial charge on any atom is -0.382 e. The fourth-order valence-corrected chi connectivity index (χ4v) is 5.97. The fourth-order valence-electron chi connectivity index (χ4n) is 5.97. The summed E-state index contributed by atoms with van der Waals surface area (Å²) < 4.78 is 5.22. The van der Waals surface area contributed by atoms with Gasteiger partial charge < -0.3 is 20.3 Å². The van der Waals surface area contributed by atoms with E-state index in [4.69, 9.17) is 9.57 Å². The molecule has 4 aliphatic rings. The third-order valence-electron chi connectivity index (χ3n) is 7.73. The number of methoxy groups -OCH3 is 1. The average molecular weight is 426 g/mol. The van der Waals surface area contributed by atoms with E-state index < -0.39 is 0 Å². The molecule has 0 radical (unpaired) electrons. The Morgan fingerprint density at radius 3 is 2.77 bits per heavy atom. The van der Waals surface area contributed by atoms with E-state index in [2.05, 4.69) is 25.9 Å². The first-order valence-corrected chi connectivity index (χ1v) is 12.3. The Hall–Kier alpha value is -0.770. The molecule has 0 aliphatic carbocycles. The maximum absolute atomic E-state index is 13.1. The van der Waals surface area contributed by atoms with Crippen molar-refractivity contribution >= 4 is 5.91 Å². The molecule has 30 heavy (non-hydrogen) atoms. The lowest BCUT2D eigenvalue weighted by molar-refractivity contribution is -0.717. The van der Waals surface area contributed by atoms with E-state index in [1.165, 1.54) is 25.8 Å². The molecule has 4 aliphatic heterocycles. The highest BCUT2D eigenvalue weighted by Crippen LogP contribution is 2.28. The second kappa shape index (κ2) is 11.2. The number of amides is 1. The summed E-state index contributed by atoms with van der Waals surface area (Å²) in [6, 6.07) is 0.384. The number of carbonyl (C=O) groups is 1. The summed E-state index contributed by atoms with van der Waals surface area (Å²) in [4.78, 5) is 23.5. The van der Waals surface area contributed by atoms with Crippen LogP contribution in [0.2, 0.25) is 0 Å². The van der Waals surface area contributed by atoms with Gasteiger partial charge in [-0.3, -0.25) is 14.5 Å². The van der Waals surface area contributed by atoms with Crippen LogP contribution in [0.25, 0.3) is 0 Å². The number of quaternary nitrogens is 2. The first-order chi connectivity index (χ1) is 14.7. The van der Waals surface area contributed by atoms with Crippen molar-refractivity contribution in [1.29, 1.82) is 0 Å². The number of carbonyl (C=O) groups excluding carboxylic acids is 1. The largest absolute Gasteiger partial charge is 0.382 e. The molecule has 0 spiro atoms. The Balaban J connectivity index is 1.22. The van der Waals surface area contributed by atoms with Crippen LogP contribution in [0, 0.1) is 11.8 Å². The SMILES string of the molecule is COCC1CC(C[C@@H]2C[NH2+]CC[C@H]2CC(=O)N2CCN(C3CCCC[NH2+]3)CC2)NO1. The summed E-state index contributed by atoms with van der Waals surface area (Å²) in [6.45, 7) is 8.09. The van der Waals surface area contributed by atoms with Crippen LogP contribution in [-0.2, 0) is 14.4 Å². The third-order valence-corrected chi connectivity index (χ3v) is 7.73. The maximum atomic E-state index is 13.1. The number of piperazine rings is 1. The third kappa shape index (κ3) is 5.93. The van der Waals surface area contributed by atoms with Gasteiger partial charge >= 0.3 is 0 Å². The Bertz CT molecular complexity index is 537. The monoisotopic (exact) mass is 425 g/mol. The topological polar surface area (TPSA) is 87.3 Å². The lowest BCUT2D eigenvalue weighted by Crippen LogP contribution is -2.95. The summed E-state index contributed by atoms with van der Waals surface area (Å²) in [5, 5.41) is 4.93. The van der Waals surface area contributed by atoms with Crippen molar-refractivity contribution < 1.29 is 25.0 Å². The van der Waals surface area contributed by atoms with E-state index in [0.29, 0.717) is 36.6 Å². The number of rotatable bonds is 7. The highest BCUT2D eigenvalue weighted by molar-refractivity contribution is 5.76. The molecular weight excluding hydrogens is 382 g/mol. The molecule has 4 saturated heterocycles. The van der Waals surface area contributed by atoms with Gasteiger partial charge in [0.25, 0.3) is 0 Å². The van der Waals surface area contributed by atoms with Crippen LogP contribution in [0.4, 0.5) is 0 Å². The molecule has 0 aromatic rings. The Labute approximate surface area is 181 Å². The highest BCUT2D eigenvalue weighted by Gasteiger charge is 2.36. The summed E-state index contributed by atoms with van der Waals surface area (Å²) in [5.74, 6) is 1.48. The van der Waals surface area contributed by atoms with Crippen LogP contribution < -0.4 is 16.1 Å². The van der Waals surface area contributed by atoms with E-state index in [9.17, 15) is 4.79 Å². The van der Waals surface area contributed by atoms with E-state index in [1.54, 1.807) is 7.11 Å². The van der Waals surface area contributed by atoms with Gasteiger partial charge in [-0.1, -0.05) is 0 Å². The number of hydroxylamine groups is 1. The van der Waals surface area contributed by atoms with Crippen LogP contribution in [-0.4, -0.2) is 93.5 Å². The average Bonchev–Trinajstić information content (AvgIpc) is 3.23. The quantitative estimate of drug-likeness (QED) is 0.462. The molecule has 0 saturated carbocycles. The van der Waals surface area contributed by atoms with Crippen molar-refractivity contribution in [1.82, 2.24) is 15.3 Å². The number of ether oxygens (including phenoxy) is 1. The number of hydrogen-bond donors (Lipinski definition) is 3. The first-order valence-electron chi connectivity index (χ1n) is 12.3. The molecule has 4 rings (SSSR count). The molecule has 8 heteroatoms. The van der Waals surface area contributed by atoms with Gasteiger partial charge in [-0.15, -0.1) is 0 Å². The van der Waals surface area contributed by atoms with E-state index in [-0.39, 0.29) is 6.10 Å². The minimum atomic E-state index is 0.158. The van der Waals surface area contributed by atoms with Crippen LogP contribution in [0.1, 0.15) is 44.9 Å². The van der Waals surface area contributed by atoms with Crippen LogP contribution in [0.3, 0.4) is 0 Å². The smallest absolute Gasteiger partial charge is 0.222 e. The van der Waals surface area contributed by atoms with E-state index in [1.807, 2.05) is 0 Å². The molecule has 172 valence electrons. The molecule has 3 unspecified atom stereocenters. The molecule has 0 aromatic heterocycles. The Kier molecular flexibility index (Phi) is 8.37. The van der Waals surface area contributed by atoms with Crippen LogP contribution >= 0.6 is 0 Å². The molecule has 5 atom stereocenters. The van der Waals surface area contributed by atoms with Gasteiger partial charge in [0.05, 0.1) is 26.2 Å². The molecule has 4 heterocycles. The van der Waals surface area contributed by atoms with Gasteiger partial charge in [0.15, 0.2) is 0 Å². The Morgan fingerprint density at radius 1 is 1.13 bits per heavy atom. The van der Waals surface area contributed by atoms with E-state index in [0.717, 1.165) is 65.0 Å². The molecule has 5 N–H and O–H groups in total. The lowest BCUT2D eigenvalue weighted by Gasteiger charge is -2.40. The number of nitrogens with zero attached hydrogens (tertiary/aromatic N) is 2. The van der Waals surface area contributed by atoms with E-state index >= 15 is 0 Å². The summed E-state index contributed by atoms with van der Waals surface area (Å²) >= 11 is 0. The summed E-state index contributed by atoms with van der Waals surface area (Å²) in [5.41, 5.74) is 3.21. The highest BCUT2D eigenvalue weighted by atomic mass is 16.7. The second-order valence-electron chi connectivity index (χ2n) is 9.81. The normalized spacial score (nSPS) is 36.2. The zero-order valence-corrected chi connectivity index (χ0v) is 18.8. The van der Waals surface area contributed by atoms with Gasteiger partial charge in [-0.05, 0) is 31.6 Å². The first kappa shape index (κ1) is 22.4. The van der Waals surface area contributed by atoms with Crippen LogP contribution in [0.15, 0.2) is 0 Å². The molecule has 4 fully saturated rings. The fraction of sp³-hybridized carbons (Fsp3) is 0.955. The van der Waals surface area contributed by atoms with Crippen molar-refractivity contribution in [3.05, 3.63) is 0 Å². The molecule has 0 aromatic carbocycles. The van der Waals surface area contributed by atoms with Crippen molar-refractivity contribution in [2.24, 2.45) is 11.8 Å². The van der Waals surface area contributed by atoms with Crippen LogP contribution in [0.5, 0.6) is 0 Å². The number of nitrogens with two attached hydrogens (primary N) is 2. The number of hydrogen-bond acceptors (Lipinski definition) is 5. The summed E-state index contributed by atoms with van der Waals surface area (Å²) in [6.07, 6.45) is 8.80. The van der Waals surface area contributed by atoms with Gasteiger partial charge in [0, 0.05) is 64.5 Å². The van der Waals surface area contributed by atoms with Crippen molar-refractivity contribution in [2.75, 3.05) is 59.5 Å². The minimum absolute atomic E-state index is 0.158. The molecule has 1 amide bonds. The number of nitrogens with one attached hydrogen (secondary N) is 1. The summed E-state index contributed by atoms with van der Waals surface area (Å²) in [7, 11) is 1.72. The zero-order chi connectivity index (χ0) is 20.8. The zero-order valence-electron chi connectivity index (χ0n) is 18.8. The molecule has 0 bridgehead atoms. The van der Waals surface area contributed by atoms with Gasteiger partial charge in [-0.2, -0.15) is 5.48 Å². The van der Waals surface area contributed by atoms with Gasteiger partial charge in [0.2, 0.25) is 5.91 Å². The molecular formula is C22H43N5O3+2. The predicted molar refractivity (Wildman–Crippen MR) is 113 cm³/mol. The van der Waals surface area contributed by atoms with Crippen molar-refractivity contribution in [3.8, 4) is 0 Å². The predicted octanol–water partition coefficient (Wildman–Crippen LogP) is -1.51. The standard InChI is InChI=1S/C22H41N5O3/c1-29-16-20-14-19(25-30-20)12-18-15-23-7-5-17(18)13-22(28)27-10-8-26(9-11-27)21-4-2-3-6-24-21/h17-21,23-25H,2-16H2,1H3/p+2/t17-,18+,19?,20?,21?/m0/s1. The Morgan fingerprint density at radius 2 is 2.00 bits per heavy atom. The second-order valence-corrected chi connectivity index (χ2v) is 9.81.